The summed E-state index contributed by atoms with van der Waals surface area (Å²) in [5, 5.41) is 5.76. The van der Waals surface area contributed by atoms with E-state index in [-0.39, 0.29) is 16.8 Å². The summed E-state index contributed by atoms with van der Waals surface area (Å²) >= 11 is 0. The highest BCUT2D eigenvalue weighted by Crippen LogP contribution is 2.21. The summed E-state index contributed by atoms with van der Waals surface area (Å²) in [7, 11) is -0.141. The summed E-state index contributed by atoms with van der Waals surface area (Å²) in [5.74, 6) is -0.270. The first kappa shape index (κ1) is 13.4. The van der Waals surface area contributed by atoms with Gasteiger partial charge in [0.2, 0.25) is 15.0 Å². The van der Waals surface area contributed by atoms with Crippen LogP contribution < -0.4 is 4.90 Å². The standard InChI is InChI=1S/C10H12FN5O2S/c1-16(2)9-7(11)4-6(5-12-9)8-13-10(15-14-8)19(3,17)18/h4-5H,1-3H3,(H,13,14,15). The highest BCUT2D eigenvalue weighted by Gasteiger charge is 2.16. The quantitative estimate of drug-likeness (QED) is 0.881. The number of hydrogen-bond acceptors (Lipinski definition) is 6. The van der Waals surface area contributed by atoms with Gasteiger partial charge in [-0.1, -0.05) is 0 Å². The zero-order chi connectivity index (χ0) is 14.2. The van der Waals surface area contributed by atoms with Crippen molar-refractivity contribution in [1.82, 2.24) is 20.2 Å². The van der Waals surface area contributed by atoms with E-state index in [0.717, 1.165) is 6.26 Å². The number of sulfone groups is 1. The molecule has 2 aromatic rings. The Morgan fingerprint density at radius 2 is 2.05 bits per heavy atom. The molecule has 0 saturated carbocycles. The second kappa shape index (κ2) is 4.57. The summed E-state index contributed by atoms with van der Waals surface area (Å²) in [4.78, 5) is 9.25. The molecule has 0 bridgehead atoms. The molecule has 2 aromatic heterocycles. The zero-order valence-electron chi connectivity index (χ0n) is 10.5. The Labute approximate surface area is 109 Å². The monoisotopic (exact) mass is 285 g/mol. The van der Waals surface area contributed by atoms with Crippen molar-refractivity contribution in [2.45, 2.75) is 5.16 Å². The maximum atomic E-state index is 13.7. The van der Waals surface area contributed by atoms with Crippen LogP contribution in [0, 0.1) is 5.82 Å². The molecule has 0 radical (unpaired) electrons. The number of hydrogen-bond donors (Lipinski definition) is 1. The molecule has 1 N–H and O–H groups in total. The van der Waals surface area contributed by atoms with Crippen molar-refractivity contribution in [2.24, 2.45) is 0 Å². The van der Waals surface area contributed by atoms with Crippen molar-refractivity contribution in [2.75, 3.05) is 25.3 Å². The van der Waals surface area contributed by atoms with Crippen LogP contribution in [0.25, 0.3) is 11.4 Å². The van der Waals surface area contributed by atoms with Gasteiger partial charge in [-0.15, -0.1) is 0 Å². The largest absolute Gasteiger partial charge is 0.360 e. The van der Waals surface area contributed by atoms with Gasteiger partial charge in [-0.05, 0) is 6.07 Å². The van der Waals surface area contributed by atoms with Crippen LogP contribution in [-0.2, 0) is 9.84 Å². The molecule has 0 aromatic carbocycles. The molecule has 0 aliphatic carbocycles. The Hall–Kier alpha value is -2.03. The van der Waals surface area contributed by atoms with Crippen LogP contribution >= 0.6 is 0 Å². The van der Waals surface area contributed by atoms with Crippen molar-refractivity contribution >= 4 is 15.7 Å². The first-order valence-corrected chi connectivity index (χ1v) is 7.14. The van der Waals surface area contributed by atoms with E-state index in [1.165, 1.54) is 17.2 Å². The summed E-state index contributed by atoms with van der Waals surface area (Å²) in [6.45, 7) is 0. The van der Waals surface area contributed by atoms with E-state index in [1.54, 1.807) is 14.1 Å². The van der Waals surface area contributed by atoms with E-state index in [0.29, 0.717) is 5.56 Å². The molecule has 0 spiro atoms. The molecule has 0 aliphatic heterocycles. The van der Waals surface area contributed by atoms with Crippen LogP contribution in [0.2, 0.25) is 0 Å². The minimum atomic E-state index is -3.47. The number of nitrogens with zero attached hydrogens (tertiary/aromatic N) is 4. The number of aromatic amines is 1. The molecular formula is C10H12FN5O2S. The Kier molecular flexibility index (Phi) is 3.23. The lowest BCUT2D eigenvalue weighted by Crippen LogP contribution is -2.12. The lowest BCUT2D eigenvalue weighted by molar-refractivity contribution is 0.594. The van der Waals surface area contributed by atoms with E-state index < -0.39 is 15.7 Å². The molecule has 2 rings (SSSR count). The van der Waals surface area contributed by atoms with E-state index in [2.05, 4.69) is 20.2 Å². The van der Waals surface area contributed by atoms with Gasteiger partial charge in [-0.2, -0.15) is 10.1 Å². The van der Waals surface area contributed by atoms with Crippen molar-refractivity contribution in [1.29, 1.82) is 0 Å². The molecule has 0 atom stereocenters. The number of pyridine rings is 1. The average molecular weight is 285 g/mol. The lowest BCUT2D eigenvalue weighted by Gasteiger charge is -2.11. The molecule has 9 heteroatoms. The Morgan fingerprint density at radius 1 is 1.37 bits per heavy atom. The average Bonchev–Trinajstić information content (AvgIpc) is 2.76. The third-order valence-corrected chi connectivity index (χ3v) is 3.20. The topological polar surface area (TPSA) is 91.8 Å². The molecule has 0 fully saturated rings. The summed E-state index contributed by atoms with van der Waals surface area (Å²) < 4.78 is 36.3. The predicted octanol–water partition coefficient (Wildman–Crippen LogP) is 0.475. The van der Waals surface area contributed by atoms with Crippen LogP contribution in [-0.4, -0.2) is 48.9 Å². The SMILES string of the molecule is CN(C)c1ncc(-c2n[nH]c(S(C)(=O)=O)n2)cc1F. The molecule has 0 amide bonds. The van der Waals surface area contributed by atoms with Gasteiger partial charge in [0.05, 0.1) is 0 Å². The third kappa shape index (κ3) is 2.70. The highest BCUT2D eigenvalue weighted by molar-refractivity contribution is 7.90. The maximum absolute atomic E-state index is 13.7. The predicted molar refractivity (Wildman–Crippen MR) is 67.0 cm³/mol. The smallest absolute Gasteiger partial charge is 0.243 e. The zero-order valence-corrected chi connectivity index (χ0v) is 11.4. The van der Waals surface area contributed by atoms with Gasteiger partial charge in [-0.3, -0.25) is 0 Å². The number of aromatic nitrogens is 4. The van der Waals surface area contributed by atoms with Crippen molar-refractivity contribution in [3.63, 3.8) is 0 Å². The first-order valence-electron chi connectivity index (χ1n) is 5.24. The minimum Gasteiger partial charge on any atom is -0.360 e. The van der Waals surface area contributed by atoms with Gasteiger partial charge >= 0.3 is 0 Å². The van der Waals surface area contributed by atoms with E-state index in [4.69, 9.17) is 0 Å². The molecular weight excluding hydrogens is 273 g/mol. The molecule has 7 nitrogen and oxygen atoms in total. The molecule has 102 valence electrons. The minimum absolute atomic E-state index is 0.0807. The Bertz CT molecular complexity index is 710. The Balaban J connectivity index is 2.43. The van der Waals surface area contributed by atoms with Crippen LogP contribution in [0.15, 0.2) is 17.4 Å². The van der Waals surface area contributed by atoms with Crippen molar-refractivity contribution in [3.8, 4) is 11.4 Å². The van der Waals surface area contributed by atoms with Crippen molar-refractivity contribution in [3.05, 3.63) is 18.1 Å². The fourth-order valence-corrected chi connectivity index (χ4v) is 1.89. The summed E-state index contributed by atoms with van der Waals surface area (Å²) in [6.07, 6.45) is 2.39. The highest BCUT2D eigenvalue weighted by atomic mass is 32.2. The van der Waals surface area contributed by atoms with Gasteiger partial charge in [0.1, 0.15) is 0 Å². The molecule has 19 heavy (non-hydrogen) atoms. The van der Waals surface area contributed by atoms with E-state index in [9.17, 15) is 12.8 Å². The fraction of sp³-hybridized carbons (Fsp3) is 0.300. The van der Waals surface area contributed by atoms with Crippen LogP contribution in [0.1, 0.15) is 0 Å². The lowest BCUT2D eigenvalue weighted by atomic mass is 10.2. The normalized spacial score (nSPS) is 11.6. The number of halogens is 1. The number of rotatable bonds is 3. The number of nitrogens with one attached hydrogen (secondary N) is 1. The summed E-state index contributed by atoms with van der Waals surface area (Å²) in [6, 6.07) is 1.21. The van der Waals surface area contributed by atoms with Gasteiger partial charge in [0.15, 0.2) is 17.5 Å². The van der Waals surface area contributed by atoms with Crippen LogP contribution in [0.3, 0.4) is 0 Å². The van der Waals surface area contributed by atoms with Gasteiger partial charge in [0, 0.05) is 32.1 Å². The number of H-pyrrole nitrogens is 1. The van der Waals surface area contributed by atoms with E-state index >= 15 is 0 Å². The van der Waals surface area contributed by atoms with Crippen molar-refractivity contribution < 1.29 is 12.8 Å². The third-order valence-electron chi connectivity index (χ3n) is 2.32. The first-order chi connectivity index (χ1) is 8.79. The maximum Gasteiger partial charge on any atom is 0.243 e. The van der Waals surface area contributed by atoms with Crippen LogP contribution in [0.4, 0.5) is 10.2 Å². The number of anilines is 1. The van der Waals surface area contributed by atoms with Gasteiger partial charge in [-0.25, -0.2) is 22.9 Å². The summed E-state index contributed by atoms with van der Waals surface area (Å²) in [5.41, 5.74) is 0.300. The molecule has 0 saturated heterocycles. The van der Waals surface area contributed by atoms with Gasteiger partial charge < -0.3 is 4.90 Å². The second-order valence-corrected chi connectivity index (χ2v) is 6.09. The van der Waals surface area contributed by atoms with Gasteiger partial charge in [0.25, 0.3) is 0 Å². The second-order valence-electron chi connectivity index (χ2n) is 4.16. The molecule has 0 aliphatic rings. The van der Waals surface area contributed by atoms with E-state index in [1.807, 2.05) is 0 Å². The fourth-order valence-electron chi connectivity index (χ4n) is 1.42. The Morgan fingerprint density at radius 3 is 2.53 bits per heavy atom. The van der Waals surface area contributed by atoms with Crippen LogP contribution in [0.5, 0.6) is 0 Å². The molecule has 0 unspecified atom stereocenters. The molecule has 2 heterocycles.